The second-order valence-corrected chi connectivity index (χ2v) is 4.44. The number of hydrogen-bond donors (Lipinski definition) is 1. The van der Waals surface area contributed by atoms with Crippen molar-refractivity contribution in [1.82, 2.24) is 15.2 Å². The predicted octanol–water partition coefficient (Wildman–Crippen LogP) is 1.66. The standard InChI is InChI=1S/C13H21N3/c1-2-16-9-5-13(6-10-16)15-11-12-3-7-14-8-4-12/h3-4,7-8,13,15H,2,5-6,9-11H2,1H3. The minimum atomic E-state index is 0.691. The summed E-state index contributed by atoms with van der Waals surface area (Å²) < 4.78 is 0. The fraction of sp³-hybridized carbons (Fsp3) is 0.615. The van der Waals surface area contributed by atoms with E-state index in [4.69, 9.17) is 0 Å². The number of aromatic nitrogens is 1. The molecule has 1 saturated heterocycles. The number of nitrogens with zero attached hydrogens (tertiary/aromatic N) is 2. The van der Waals surface area contributed by atoms with Gasteiger partial charge in [0.1, 0.15) is 0 Å². The summed E-state index contributed by atoms with van der Waals surface area (Å²) in [6.07, 6.45) is 6.27. The summed E-state index contributed by atoms with van der Waals surface area (Å²) in [5, 5.41) is 3.63. The topological polar surface area (TPSA) is 28.2 Å². The van der Waals surface area contributed by atoms with E-state index in [0.29, 0.717) is 6.04 Å². The zero-order valence-electron chi connectivity index (χ0n) is 10.0. The SMILES string of the molecule is CCN1CCC(NCc2ccncc2)CC1. The molecule has 0 unspecified atom stereocenters. The summed E-state index contributed by atoms with van der Waals surface area (Å²) in [5.41, 5.74) is 1.33. The Hall–Kier alpha value is -0.930. The molecule has 16 heavy (non-hydrogen) atoms. The number of nitrogens with one attached hydrogen (secondary N) is 1. The molecule has 0 spiro atoms. The van der Waals surface area contributed by atoms with Crippen molar-refractivity contribution in [3.63, 3.8) is 0 Å². The molecule has 0 atom stereocenters. The predicted molar refractivity (Wildman–Crippen MR) is 66.2 cm³/mol. The van der Waals surface area contributed by atoms with Crippen LogP contribution in [0.25, 0.3) is 0 Å². The fourth-order valence-corrected chi connectivity index (χ4v) is 2.22. The normalized spacial score (nSPS) is 18.8. The van der Waals surface area contributed by atoms with Crippen molar-refractivity contribution in [3.05, 3.63) is 30.1 Å². The van der Waals surface area contributed by atoms with Gasteiger partial charge >= 0.3 is 0 Å². The Morgan fingerprint density at radius 1 is 1.31 bits per heavy atom. The van der Waals surface area contributed by atoms with Gasteiger partial charge in [-0.05, 0) is 50.2 Å². The van der Waals surface area contributed by atoms with Crippen LogP contribution >= 0.6 is 0 Å². The Labute approximate surface area is 97.9 Å². The molecule has 1 fully saturated rings. The maximum atomic E-state index is 4.03. The Balaban J connectivity index is 1.72. The largest absolute Gasteiger partial charge is 0.310 e. The molecule has 3 nitrogen and oxygen atoms in total. The van der Waals surface area contributed by atoms with Crippen LogP contribution in [0.4, 0.5) is 0 Å². The molecule has 1 aromatic heterocycles. The summed E-state index contributed by atoms with van der Waals surface area (Å²) in [6.45, 7) is 6.89. The number of piperidine rings is 1. The fourth-order valence-electron chi connectivity index (χ4n) is 2.22. The second kappa shape index (κ2) is 5.97. The van der Waals surface area contributed by atoms with Crippen LogP contribution in [0.5, 0.6) is 0 Å². The molecule has 0 aromatic carbocycles. The van der Waals surface area contributed by atoms with Crippen LogP contribution < -0.4 is 5.32 Å². The van der Waals surface area contributed by atoms with Gasteiger partial charge < -0.3 is 10.2 Å². The summed E-state index contributed by atoms with van der Waals surface area (Å²) >= 11 is 0. The van der Waals surface area contributed by atoms with Crippen LogP contribution in [0.15, 0.2) is 24.5 Å². The first-order valence-corrected chi connectivity index (χ1v) is 6.23. The summed E-state index contributed by atoms with van der Waals surface area (Å²) in [6, 6.07) is 4.85. The lowest BCUT2D eigenvalue weighted by Gasteiger charge is -2.31. The average molecular weight is 219 g/mol. The van der Waals surface area contributed by atoms with Gasteiger partial charge in [-0.2, -0.15) is 0 Å². The minimum absolute atomic E-state index is 0.691. The molecule has 0 amide bonds. The van der Waals surface area contributed by atoms with Crippen molar-refractivity contribution >= 4 is 0 Å². The molecule has 1 aliphatic heterocycles. The van der Waals surface area contributed by atoms with Crippen molar-refractivity contribution in [2.75, 3.05) is 19.6 Å². The van der Waals surface area contributed by atoms with E-state index in [1.165, 1.54) is 38.0 Å². The summed E-state index contributed by atoms with van der Waals surface area (Å²) in [5.74, 6) is 0. The highest BCUT2D eigenvalue weighted by Gasteiger charge is 2.16. The van der Waals surface area contributed by atoms with E-state index in [0.717, 1.165) is 6.54 Å². The Bertz CT molecular complexity index is 291. The van der Waals surface area contributed by atoms with Gasteiger partial charge in [0.15, 0.2) is 0 Å². The molecule has 2 heterocycles. The minimum Gasteiger partial charge on any atom is -0.310 e. The number of hydrogen-bond acceptors (Lipinski definition) is 3. The third kappa shape index (κ3) is 3.29. The van der Waals surface area contributed by atoms with Crippen molar-refractivity contribution in [2.45, 2.75) is 32.4 Å². The molecule has 2 rings (SSSR count). The van der Waals surface area contributed by atoms with Crippen molar-refractivity contribution in [1.29, 1.82) is 0 Å². The number of likely N-dealkylation sites (tertiary alicyclic amines) is 1. The van der Waals surface area contributed by atoms with Crippen LogP contribution in [0.3, 0.4) is 0 Å². The van der Waals surface area contributed by atoms with Crippen molar-refractivity contribution in [2.24, 2.45) is 0 Å². The monoisotopic (exact) mass is 219 g/mol. The molecule has 0 bridgehead atoms. The van der Waals surface area contributed by atoms with Crippen LogP contribution in [0.2, 0.25) is 0 Å². The van der Waals surface area contributed by atoms with Crippen molar-refractivity contribution < 1.29 is 0 Å². The quantitative estimate of drug-likeness (QED) is 0.834. The van der Waals surface area contributed by atoms with Gasteiger partial charge in [-0.25, -0.2) is 0 Å². The molecule has 1 aromatic rings. The lowest BCUT2D eigenvalue weighted by molar-refractivity contribution is 0.206. The number of pyridine rings is 1. The lowest BCUT2D eigenvalue weighted by Crippen LogP contribution is -2.42. The lowest BCUT2D eigenvalue weighted by atomic mass is 10.0. The molecule has 0 aliphatic carbocycles. The highest BCUT2D eigenvalue weighted by molar-refractivity contribution is 5.09. The first kappa shape index (κ1) is 11.6. The Kier molecular flexibility index (Phi) is 4.31. The number of rotatable bonds is 4. The average Bonchev–Trinajstić information content (AvgIpc) is 2.38. The first-order valence-electron chi connectivity index (χ1n) is 6.23. The zero-order chi connectivity index (χ0) is 11.2. The van der Waals surface area contributed by atoms with E-state index >= 15 is 0 Å². The molecule has 0 radical (unpaired) electrons. The van der Waals surface area contributed by atoms with Crippen LogP contribution in [-0.2, 0) is 6.54 Å². The van der Waals surface area contributed by atoms with Gasteiger partial charge in [0, 0.05) is 25.0 Å². The van der Waals surface area contributed by atoms with Crippen LogP contribution in [-0.4, -0.2) is 35.6 Å². The first-order chi connectivity index (χ1) is 7.88. The van der Waals surface area contributed by atoms with Gasteiger partial charge in [0.25, 0.3) is 0 Å². The van der Waals surface area contributed by atoms with Crippen LogP contribution in [0, 0.1) is 0 Å². The van der Waals surface area contributed by atoms with Gasteiger partial charge in [-0.1, -0.05) is 6.92 Å². The van der Waals surface area contributed by atoms with Crippen LogP contribution in [0.1, 0.15) is 25.3 Å². The maximum absolute atomic E-state index is 4.03. The molecule has 1 aliphatic rings. The molecular formula is C13H21N3. The Morgan fingerprint density at radius 3 is 2.62 bits per heavy atom. The molecule has 3 heteroatoms. The van der Waals surface area contributed by atoms with Crippen molar-refractivity contribution in [3.8, 4) is 0 Å². The summed E-state index contributed by atoms with van der Waals surface area (Å²) in [7, 11) is 0. The second-order valence-electron chi connectivity index (χ2n) is 4.44. The van der Waals surface area contributed by atoms with E-state index in [-0.39, 0.29) is 0 Å². The third-order valence-corrected chi connectivity index (χ3v) is 3.38. The third-order valence-electron chi connectivity index (χ3n) is 3.38. The van der Waals surface area contributed by atoms with Gasteiger partial charge in [0.2, 0.25) is 0 Å². The maximum Gasteiger partial charge on any atom is 0.0271 e. The van der Waals surface area contributed by atoms with Gasteiger partial charge in [-0.3, -0.25) is 4.98 Å². The van der Waals surface area contributed by atoms with Gasteiger partial charge in [-0.15, -0.1) is 0 Å². The van der Waals surface area contributed by atoms with E-state index in [9.17, 15) is 0 Å². The molecule has 1 N–H and O–H groups in total. The summed E-state index contributed by atoms with van der Waals surface area (Å²) in [4.78, 5) is 6.55. The zero-order valence-corrected chi connectivity index (χ0v) is 10.0. The molecule has 88 valence electrons. The highest BCUT2D eigenvalue weighted by atomic mass is 15.1. The highest BCUT2D eigenvalue weighted by Crippen LogP contribution is 2.10. The Morgan fingerprint density at radius 2 is 2.00 bits per heavy atom. The molecular weight excluding hydrogens is 198 g/mol. The van der Waals surface area contributed by atoms with E-state index in [1.54, 1.807) is 0 Å². The van der Waals surface area contributed by atoms with E-state index in [2.05, 4.69) is 34.3 Å². The molecule has 0 saturated carbocycles. The smallest absolute Gasteiger partial charge is 0.0271 e. The van der Waals surface area contributed by atoms with Gasteiger partial charge in [0.05, 0.1) is 0 Å². The van der Waals surface area contributed by atoms with E-state index in [1.807, 2.05) is 12.4 Å². The van der Waals surface area contributed by atoms with E-state index < -0.39 is 0 Å².